The molecule has 0 radical (unpaired) electrons. The van der Waals surface area contributed by atoms with Crippen LogP contribution in [0.2, 0.25) is 0 Å². The third-order valence-corrected chi connectivity index (χ3v) is 2.47. The molecule has 2 rings (SSSR count). The molecule has 2 aromatic rings. The minimum absolute atomic E-state index is 0.348. The lowest BCUT2D eigenvalue weighted by Crippen LogP contribution is -2.24. The van der Waals surface area contributed by atoms with E-state index in [9.17, 15) is 0 Å². The first-order valence-corrected chi connectivity index (χ1v) is 5.35. The van der Waals surface area contributed by atoms with Crippen molar-refractivity contribution >= 4 is 0 Å². The Labute approximate surface area is 94.7 Å². The molecule has 0 aliphatic rings. The van der Waals surface area contributed by atoms with Crippen molar-refractivity contribution in [2.75, 3.05) is 7.05 Å². The highest BCUT2D eigenvalue weighted by Gasteiger charge is 2.10. The molecule has 16 heavy (non-hydrogen) atoms. The van der Waals surface area contributed by atoms with Gasteiger partial charge in [-0.3, -0.25) is 0 Å². The van der Waals surface area contributed by atoms with Crippen molar-refractivity contribution in [2.24, 2.45) is 0 Å². The second kappa shape index (κ2) is 4.90. The van der Waals surface area contributed by atoms with Gasteiger partial charge in [0.05, 0.1) is 0 Å². The third kappa shape index (κ3) is 2.46. The first kappa shape index (κ1) is 10.8. The fraction of sp³-hybridized carbons (Fsp3) is 0.333. The smallest absolute Gasteiger partial charge is 0.257 e. The van der Waals surface area contributed by atoms with Crippen LogP contribution in [0.3, 0.4) is 0 Å². The molecule has 0 amide bonds. The number of likely N-dealkylation sites (N-methyl/N-ethyl adjacent to an activating group) is 1. The van der Waals surface area contributed by atoms with Gasteiger partial charge in [-0.1, -0.05) is 23.4 Å². The number of benzene rings is 1. The van der Waals surface area contributed by atoms with Crippen molar-refractivity contribution in [1.82, 2.24) is 15.5 Å². The fourth-order valence-corrected chi connectivity index (χ4v) is 1.41. The molecule has 1 heterocycles. The maximum absolute atomic E-state index is 5.21. The van der Waals surface area contributed by atoms with Crippen LogP contribution >= 0.6 is 0 Å². The predicted molar refractivity (Wildman–Crippen MR) is 62.0 cm³/mol. The van der Waals surface area contributed by atoms with Gasteiger partial charge in [-0.2, -0.15) is 4.98 Å². The molecule has 0 saturated heterocycles. The van der Waals surface area contributed by atoms with E-state index in [1.807, 2.05) is 37.4 Å². The molecule has 1 atom stereocenters. The van der Waals surface area contributed by atoms with E-state index in [-0.39, 0.29) is 0 Å². The van der Waals surface area contributed by atoms with Gasteiger partial charge in [0.2, 0.25) is 0 Å². The van der Waals surface area contributed by atoms with Crippen LogP contribution in [0.25, 0.3) is 11.5 Å². The van der Waals surface area contributed by atoms with Crippen LogP contribution < -0.4 is 5.32 Å². The van der Waals surface area contributed by atoms with Gasteiger partial charge in [0, 0.05) is 18.0 Å². The van der Waals surface area contributed by atoms with Crippen LogP contribution in [0.4, 0.5) is 0 Å². The average molecular weight is 217 g/mol. The Bertz CT molecular complexity index is 439. The third-order valence-electron chi connectivity index (χ3n) is 2.47. The fourth-order valence-electron chi connectivity index (χ4n) is 1.41. The van der Waals surface area contributed by atoms with E-state index in [0.29, 0.717) is 11.9 Å². The maximum atomic E-state index is 5.21. The van der Waals surface area contributed by atoms with E-state index in [1.165, 1.54) is 0 Å². The van der Waals surface area contributed by atoms with Gasteiger partial charge in [-0.05, 0) is 26.1 Å². The second-order valence-corrected chi connectivity index (χ2v) is 3.78. The highest BCUT2D eigenvalue weighted by Crippen LogP contribution is 2.16. The quantitative estimate of drug-likeness (QED) is 0.849. The van der Waals surface area contributed by atoms with E-state index in [0.717, 1.165) is 17.8 Å². The van der Waals surface area contributed by atoms with Gasteiger partial charge in [0.15, 0.2) is 5.82 Å². The standard InChI is InChI=1S/C12H15N3O/c1-9(13-2)8-11-14-12(16-15-11)10-6-4-3-5-7-10/h3-7,9,13H,8H2,1-2H3. The number of aromatic nitrogens is 2. The first-order valence-electron chi connectivity index (χ1n) is 5.35. The van der Waals surface area contributed by atoms with Crippen LogP contribution in [-0.4, -0.2) is 23.2 Å². The number of nitrogens with zero attached hydrogens (tertiary/aromatic N) is 2. The summed E-state index contributed by atoms with van der Waals surface area (Å²) < 4.78 is 5.21. The molecule has 4 nitrogen and oxygen atoms in total. The molecular formula is C12H15N3O. The largest absolute Gasteiger partial charge is 0.334 e. The van der Waals surface area contributed by atoms with E-state index < -0.39 is 0 Å². The number of hydrogen-bond donors (Lipinski definition) is 1. The molecule has 0 aliphatic carbocycles. The van der Waals surface area contributed by atoms with Gasteiger partial charge < -0.3 is 9.84 Å². The summed E-state index contributed by atoms with van der Waals surface area (Å²) in [5.74, 6) is 1.32. The molecule has 0 spiro atoms. The number of hydrogen-bond acceptors (Lipinski definition) is 4. The molecular weight excluding hydrogens is 202 g/mol. The zero-order valence-electron chi connectivity index (χ0n) is 9.47. The zero-order valence-corrected chi connectivity index (χ0v) is 9.47. The van der Waals surface area contributed by atoms with Crippen molar-refractivity contribution in [3.05, 3.63) is 36.2 Å². The molecule has 1 N–H and O–H groups in total. The Balaban J connectivity index is 2.14. The lowest BCUT2D eigenvalue weighted by atomic mass is 10.2. The number of nitrogens with one attached hydrogen (secondary N) is 1. The van der Waals surface area contributed by atoms with Crippen molar-refractivity contribution in [1.29, 1.82) is 0 Å². The van der Waals surface area contributed by atoms with Crippen LogP contribution in [0.5, 0.6) is 0 Å². The highest BCUT2D eigenvalue weighted by atomic mass is 16.5. The van der Waals surface area contributed by atoms with Gasteiger partial charge in [-0.25, -0.2) is 0 Å². The van der Waals surface area contributed by atoms with E-state index >= 15 is 0 Å². The summed E-state index contributed by atoms with van der Waals surface area (Å²) in [7, 11) is 1.92. The number of rotatable bonds is 4. The normalized spacial score (nSPS) is 12.6. The summed E-state index contributed by atoms with van der Waals surface area (Å²) in [6.45, 7) is 2.08. The van der Waals surface area contributed by atoms with Crippen LogP contribution in [0.1, 0.15) is 12.7 Å². The van der Waals surface area contributed by atoms with Gasteiger partial charge in [-0.15, -0.1) is 0 Å². The van der Waals surface area contributed by atoms with Crippen molar-refractivity contribution in [3.63, 3.8) is 0 Å². The summed E-state index contributed by atoms with van der Waals surface area (Å²) in [6, 6.07) is 10.1. The Morgan fingerprint density at radius 1 is 1.31 bits per heavy atom. The van der Waals surface area contributed by atoms with Crippen molar-refractivity contribution in [2.45, 2.75) is 19.4 Å². The summed E-state index contributed by atoms with van der Waals surface area (Å²) in [6.07, 6.45) is 0.771. The molecule has 0 bridgehead atoms. The van der Waals surface area contributed by atoms with E-state index in [4.69, 9.17) is 4.52 Å². The molecule has 1 aromatic carbocycles. The van der Waals surface area contributed by atoms with Gasteiger partial charge in [0.1, 0.15) is 0 Å². The lowest BCUT2D eigenvalue weighted by molar-refractivity contribution is 0.418. The highest BCUT2D eigenvalue weighted by molar-refractivity contribution is 5.51. The predicted octanol–water partition coefficient (Wildman–Crippen LogP) is 1.89. The van der Waals surface area contributed by atoms with E-state index in [1.54, 1.807) is 0 Å². The van der Waals surface area contributed by atoms with Crippen molar-refractivity contribution < 1.29 is 4.52 Å². The molecule has 1 aromatic heterocycles. The Kier molecular flexibility index (Phi) is 3.31. The summed E-state index contributed by atoms with van der Waals surface area (Å²) >= 11 is 0. The second-order valence-electron chi connectivity index (χ2n) is 3.78. The van der Waals surface area contributed by atoms with Gasteiger partial charge in [0.25, 0.3) is 5.89 Å². The Morgan fingerprint density at radius 2 is 2.06 bits per heavy atom. The van der Waals surface area contributed by atoms with Crippen molar-refractivity contribution in [3.8, 4) is 11.5 Å². The average Bonchev–Trinajstić information content (AvgIpc) is 2.78. The van der Waals surface area contributed by atoms with E-state index in [2.05, 4.69) is 22.4 Å². The Hall–Kier alpha value is -1.68. The molecule has 0 fully saturated rings. The molecule has 0 aliphatic heterocycles. The first-order chi connectivity index (χ1) is 7.79. The minimum atomic E-state index is 0.348. The minimum Gasteiger partial charge on any atom is -0.334 e. The SMILES string of the molecule is CNC(C)Cc1noc(-c2ccccc2)n1. The Morgan fingerprint density at radius 3 is 2.75 bits per heavy atom. The summed E-state index contributed by atoms with van der Waals surface area (Å²) in [4.78, 5) is 4.35. The lowest BCUT2D eigenvalue weighted by Gasteiger charge is -2.04. The molecule has 84 valence electrons. The van der Waals surface area contributed by atoms with Crippen LogP contribution in [-0.2, 0) is 6.42 Å². The summed E-state index contributed by atoms with van der Waals surface area (Å²) in [5.41, 5.74) is 0.957. The maximum Gasteiger partial charge on any atom is 0.257 e. The monoisotopic (exact) mass is 217 g/mol. The molecule has 4 heteroatoms. The zero-order chi connectivity index (χ0) is 11.4. The van der Waals surface area contributed by atoms with Crippen LogP contribution in [0, 0.1) is 0 Å². The molecule has 0 saturated carbocycles. The van der Waals surface area contributed by atoms with Gasteiger partial charge >= 0.3 is 0 Å². The topological polar surface area (TPSA) is 51.0 Å². The van der Waals surface area contributed by atoms with Crippen LogP contribution in [0.15, 0.2) is 34.9 Å². The summed E-state index contributed by atoms with van der Waals surface area (Å²) in [5, 5.41) is 7.10. The molecule has 1 unspecified atom stereocenters.